The van der Waals surface area contributed by atoms with Crippen LogP contribution in [0.2, 0.25) is 0 Å². The van der Waals surface area contributed by atoms with Gasteiger partial charge in [-0.25, -0.2) is 0 Å². The molecule has 0 amide bonds. The van der Waals surface area contributed by atoms with Crippen LogP contribution in [0.1, 0.15) is 30.1 Å². The Balaban J connectivity index is 1.66. The zero-order chi connectivity index (χ0) is 15.6. The first-order chi connectivity index (χ1) is 11.4. The average molecular weight is 304 g/mol. The van der Waals surface area contributed by atoms with Crippen molar-refractivity contribution < 1.29 is 0 Å². The van der Waals surface area contributed by atoms with Crippen LogP contribution in [0.5, 0.6) is 0 Å². The summed E-state index contributed by atoms with van der Waals surface area (Å²) in [5.74, 6) is 1.30. The van der Waals surface area contributed by atoms with Crippen LogP contribution in [0.4, 0.5) is 5.69 Å². The third-order valence-corrected chi connectivity index (χ3v) is 4.39. The van der Waals surface area contributed by atoms with Crippen LogP contribution < -0.4 is 4.90 Å². The van der Waals surface area contributed by atoms with Gasteiger partial charge in [-0.2, -0.15) is 5.26 Å². The molecule has 1 aliphatic rings. The summed E-state index contributed by atoms with van der Waals surface area (Å²) in [6.07, 6.45) is 7.53. The van der Waals surface area contributed by atoms with Crippen molar-refractivity contribution in [2.24, 2.45) is 0 Å². The van der Waals surface area contributed by atoms with Crippen molar-refractivity contribution in [3.05, 3.63) is 54.2 Å². The Labute approximate surface area is 134 Å². The van der Waals surface area contributed by atoms with E-state index in [1.807, 2.05) is 30.5 Å². The minimum Gasteiger partial charge on any atom is -0.370 e. The quantitative estimate of drug-likeness (QED) is 0.727. The maximum Gasteiger partial charge on any atom is 0.160 e. The van der Waals surface area contributed by atoms with E-state index in [2.05, 4.69) is 30.6 Å². The van der Waals surface area contributed by atoms with Gasteiger partial charge < -0.3 is 4.90 Å². The monoisotopic (exact) mass is 304 g/mol. The molecule has 0 radical (unpaired) electrons. The molecule has 1 saturated heterocycles. The summed E-state index contributed by atoms with van der Waals surface area (Å²) in [5, 5.41) is 18.0. The summed E-state index contributed by atoms with van der Waals surface area (Å²) in [4.78, 5) is 6.31. The van der Waals surface area contributed by atoms with Gasteiger partial charge in [0.25, 0.3) is 0 Å². The Bertz CT molecular complexity index is 878. The molecule has 4 heterocycles. The van der Waals surface area contributed by atoms with Gasteiger partial charge in [0.15, 0.2) is 5.65 Å². The molecule has 6 nitrogen and oxygen atoms in total. The van der Waals surface area contributed by atoms with Crippen molar-refractivity contribution in [2.75, 3.05) is 18.0 Å². The van der Waals surface area contributed by atoms with Crippen LogP contribution in [0.25, 0.3) is 5.65 Å². The van der Waals surface area contributed by atoms with Gasteiger partial charge in [-0.3, -0.25) is 9.38 Å². The maximum absolute atomic E-state index is 9.30. The van der Waals surface area contributed by atoms with Crippen molar-refractivity contribution in [1.82, 2.24) is 19.6 Å². The molecular weight excluding hydrogens is 288 g/mol. The van der Waals surface area contributed by atoms with Gasteiger partial charge in [0, 0.05) is 37.6 Å². The topological polar surface area (TPSA) is 70.1 Å². The molecule has 4 rings (SSSR count). The fraction of sp³-hybridized carbons (Fsp3) is 0.294. The number of aromatic nitrogens is 4. The first-order valence-electron chi connectivity index (χ1n) is 7.75. The number of pyridine rings is 2. The summed E-state index contributed by atoms with van der Waals surface area (Å²) >= 11 is 0. The summed E-state index contributed by atoms with van der Waals surface area (Å²) in [6, 6.07) is 10.1. The van der Waals surface area contributed by atoms with E-state index in [-0.39, 0.29) is 0 Å². The number of fused-ring (bicyclic) bond motifs is 1. The van der Waals surface area contributed by atoms with Gasteiger partial charge >= 0.3 is 0 Å². The molecule has 0 saturated carbocycles. The highest BCUT2D eigenvalue weighted by molar-refractivity contribution is 5.58. The Kier molecular flexibility index (Phi) is 3.39. The molecule has 114 valence electrons. The van der Waals surface area contributed by atoms with Crippen molar-refractivity contribution >= 4 is 11.3 Å². The first-order valence-corrected chi connectivity index (χ1v) is 7.75. The fourth-order valence-electron chi connectivity index (χ4n) is 3.29. The van der Waals surface area contributed by atoms with E-state index in [4.69, 9.17) is 0 Å². The number of nitrogens with zero attached hydrogens (tertiary/aromatic N) is 6. The Morgan fingerprint density at radius 2 is 2.17 bits per heavy atom. The lowest BCUT2D eigenvalue weighted by atomic mass is 9.96. The predicted octanol–water partition coefficient (Wildman–Crippen LogP) is 2.38. The summed E-state index contributed by atoms with van der Waals surface area (Å²) in [6.45, 7) is 1.79. The molecule has 1 atom stereocenters. The van der Waals surface area contributed by atoms with E-state index in [1.54, 1.807) is 12.4 Å². The Hall–Kier alpha value is -2.94. The van der Waals surface area contributed by atoms with E-state index in [9.17, 15) is 5.26 Å². The highest BCUT2D eigenvalue weighted by atomic mass is 15.3. The standard InChI is InChI=1S/C17H16N6/c18-10-14-11-19-7-6-15(14)22-8-3-4-13(12-22)17-21-20-16-5-1-2-9-23(16)17/h1-2,5-7,9,11,13H,3-4,8,12H2. The van der Waals surface area contributed by atoms with Gasteiger partial charge in [0.1, 0.15) is 11.9 Å². The molecule has 0 aliphatic carbocycles. The van der Waals surface area contributed by atoms with E-state index in [0.717, 1.165) is 43.1 Å². The van der Waals surface area contributed by atoms with Gasteiger partial charge in [-0.05, 0) is 31.0 Å². The fourth-order valence-corrected chi connectivity index (χ4v) is 3.29. The van der Waals surface area contributed by atoms with Crippen molar-refractivity contribution in [3.8, 4) is 6.07 Å². The normalized spacial score (nSPS) is 18.0. The number of nitriles is 1. The summed E-state index contributed by atoms with van der Waals surface area (Å²) < 4.78 is 2.06. The lowest BCUT2D eigenvalue weighted by molar-refractivity contribution is 0.488. The molecule has 6 heteroatoms. The lowest BCUT2D eigenvalue weighted by Crippen LogP contribution is -2.35. The van der Waals surface area contributed by atoms with E-state index >= 15 is 0 Å². The van der Waals surface area contributed by atoms with Crippen LogP contribution in [-0.4, -0.2) is 32.7 Å². The third kappa shape index (κ3) is 2.40. The van der Waals surface area contributed by atoms with Crippen LogP contribution >= 0.6 is 0 Å². The molecule has 3 aromatic heterocycles. The van der Waals surface area contributed by atoms with Crippen molar-refractivity contribution in [2.45, 2.75) is 18.8 Å². The van der Waals surface area contributed by atoms with Crippen LogP contribution in [0.3, 0.4) is 0 Å². The second kappa shape index (κ2) is 5.69. The number of rotatable bonds is 2. The van der Waals surface area contributed by atoms with Gasteiger partial charge in [-0.15, -0.1) is 10.2 Å². The zero-order valence-electron chi connectivity index (χ0n) is 12.6. The first kappa shape index (κ1) is 13.7. The SMILES string of the molecule is N#Cc1cnccc1N1CCCC(c2nnc3ccccn23)C1. The second-order valence-corrected chi connectivity index (χ2v) is 5.78. The number of hydrogen-bond donors (Lipinski definition) is 0. The average Bonchev–Trinajstić information content (AvgIpc) is 3.06. The van der Waals surface area contributed by atoms with Crippen molar-refractivity contribution in [3.63, 3.8) is 0 Å². The number of anilines is 1. The van der Waals surface area contributed by atoms with E-state index in [0.29, 0.717) is 11.5 Å². The third-order valence-electron chi connectivity index (χ3n) is 4.39. The van der Waals surface area contributed by atoms with Crippen LogP contribution in [0, 0.1) is 11.3 Å². The van der Waals surface area contributed by atoms with E-state index in [1.165, 1.54) is 0 Å². The lowest BCUT2D eigenvalue weighted by Gasteiger charge is -2.34. The number of piperidine rings is 1. The minimum atomic E-state index is 0.306. The molecule has 0 aromatic carbocycles. The smallest absolute Gasteiger partial charge is 0.160 e. The number of hydrogen-bond acceptors (Lipinski definition) is 5. The molecule has 0 spiro atoms. The Morgan fingerprint density at radius 1 is 1.22 bits per heavy atom. The molecule has 1 aliphatic heterocycles. The molecule has 23 heavy (non-hydrogen) atoms. The van der Waals surface area contributed by atoms with Gasteiger partial charge in [-0.1, -0.05) is 6.07 Å². The molecular formula is C17H16N6. The second-order valence-electron chi connectivity index (χ2n) is 5.78. The molecule has 3 aromatic rings. The molecule has 1 unspecified atom stereocenters. The molecule has 0 bridgehead atoms. The van der Waals surface area contributed by atoms with E-state index < -0.39 is 0 Å². The van der Waals surface area contributed by atoms with Crippen molar-refractivity contribution in [1.29, 1.82) is 5.26 Å². The van der Waals surface area contributed by atoms with Crippen LogP contribution in [0.15, 0.2) is 42.9 Å². The Morgan fingerprint density at radius 3 is 3.09 bits per heavy atom. The summed E-state index contributed by atoms with van der Waals surface area (Å²) in [7, 11) is 0. The summed E-state index contributed by atoms with van der Waals surface area (Å²) in [5.41, 5.74) is 2.46. The minimum absolute atomic E-state index is 0.306. The molecule has 0 N–H and O–H groups in total. The van der Waals surface area contributed by atoms with Crippen LogP contribution in [-0.2, 0) is 0 Å². The highest BCUT2D eigenvalue weighted by Crippen LogP contribution is 2.30. The largest absolute Gasteiger partial charge is 0.370 e. The van der Waals surface area contributed by atoms with Gasteiger partial charge in [0.05, 0.1) is 11.3 Å². The maximum atomic E-state index is 9.30. The zero-order valence-corrected chi connectivity index (χ0v) is 12.6. The highest BCUT2D eigenvalue weighted by Gasteiger charge is 2.26. The predicted molar refractivity (Wildman–Crippen MR) is 86.1 cm³/mol. The van der Waals surface area contributed by atoms with Gasteiger partial charge in [0.2, 0.25) is 0 Å². The molecule has 1 fully saturated rings.